The number of hydrogen-bond acceptors (Lipinski definition) is 2. The quantitative estimate of drug-likeness (QED) is 0.463. The Balaban J connectivity index is 2.10. The normalized spacial score (nSPS) is 10.5. The van der Waals surface area contributed by atoms with Gasteiger partial charge in [-0.15, -0.1) is 0 Å². The largest absolute Gasteiger partial charge is 0.376 e. The molecule has 2 rings (SSSR count). The minimum atomic E-state index is -2.29. The second-order valence-electron chi connectivity index (χ2n) is 4.35. The number of halogens is 6. The fourth-order valence-electron chi connectivity index (χ4n) is 1.65. The van der Waals surface area contributed by atoms with E-state index >= 15 is 0 Å². The summed E-state index contributed by atoms with van der Waals surface area (Å²) in [7, 11) is 0. The van der Waals surface area contributed by atoms with Crippen LogP contribution >= 0.6 is 15.9 Å². The molecule has 122 valence electrons. The Labute approximate surface area is 135 Å². The van der Waals surface area contributed by atoms with Crippen LogP contribution < -0.4 is 10.6 Å². The van der Waals surface area contributed by atoms with Gasteiger partial charge in [0.15, 0.2) is 23.3 Å². The van der Waals surface area contributed by atoms with E-state index in [-0.39, 0.29) is 0 Å². The third-order valence-electron chi connectivity index (χ3n) is 2.77. The van der Waals surface area contributed by atoms with Gasteiger partial charge in [0.05, 0.1) is 6.54 Å². The van der Waals surface area contributed by atoms with Crippen molar-refractivity contribution in [3.63, 3.8) is 0 Å². The lowest BCUT2D eigenvalue weighted by atomic mass is 10.2. The minimum absolute atomic E-state index is 0.429. The zero-order valence-electron chi connectivity index (χ0n) is 11.2. The molecule has 0 saturated carbocycles. The Morgan fingerprint density at radius 1 is 0.870 bits per heavy atom. The van der Waals surface area contributed by atoms with Gasteiger partial charge in [-0.2, -0.15) is 0 Å². The minimum Gasteiger partial charge on any atom is -0.376 e. The van der Waals surface area contributed by atoms with Gasteiger partial charge >= 0.3 is 0 Å². The van der Waals surface area contributed by atoms with Crippen LogP contribution in [-0.4, -0.2) is 12.5 Å². The van der Waals surface area contributed by atoms with Gasteiger partial charge in [0, 0.05) is 10.2 Å². The van der Waals surface area contributed by atoms with Crippen LogP contribution in [0.15, 0.2) is 28.7 Å². The van der Waals surface area contributed by atoms with Crippen molar-refractivity contribution in [2.45, 2.75) is 0 Å². The standard InChI is InChI=1S/C14H8BrF5N2O/c15-6-1-3-7(4-2-6)21-5-8(23)22-14-12(19)10(17)9(16)11(18)13(14)20/h1-4,21H,5H2,(H,22,23). The molecule has 3 nitrogen and oxygen atoms in total. The van der Waals surface area contributed by atoms with Gasteiger partial charge in [0.25, 0.3) is 0 Å². The van der Waals surface area contributed by atoms with E-state index in [0.29, 0.717) is 5.69 Å². The van der Waals surface area contributed by atoms with Crippen molar-refractivity contribution in [2.24, 2.45) is 0 Å². The first-order valence-corrected chi connectivity index (χ1v) is 6.91. The molecule has 0 aliphatic rings. The summed E-state index contributed by atoms with van der Waals surface area (Å²) in [5.74, 6) is -11.7. The van der Waals surface area contributed by atoms with Crippen molar-refractivity contribution >= 4 is 33.2 Å². The lowest BCUT2D eigenvalue weighted by molar-refractivity contribution is -0.114. The molecule has 0 aromatic heterocycles. The molecule has 0 radical (unpaired) electrons. The summed E-state index contributed by atoms with van der Waals surface area (Å²) in [6.07, 6.45) is 0. The van der Waals surface area contributed by atoms with Crippen LogP contribution in [0.25, 0.3) is 0 Å². The average molecular weight is 395 g/mol. The molecule has 9 heteroatoms. The summed E-state index contributed by atoms with van der Waals surface area (Å²) in [6.45, 7) is -0.429. The van der Waals surface area contributed by atoms with E-state index in [0.717, 1.165) is 4.47 Å². The van der Waals surface area contributed by atoms with Crippen LogP contribution in [0.1, 0.15) is 0 Å². The van der Waals surface area contributed by atoms with E-state index in [2.05, 4.69) is 21.2 Å². The Kier molecular flexibility index (Phi) is 5.19. The highest BCUT2D eigenvalue weighted by atomic mass is 79.9. The van der Waals surface area contributed by atoms with Crippen LogP contribution in [0.5, 0.6) is 0 Å². The summed E-state index contributed by atoms with van der Waals surface area (Å²) in [4.78, 5) is 11.6. The lowest BCUT2D eigenvalue weighted by Crippen LogP contribution is -2.24. The zero-order chi connectivity index (χ0) is 17.1. The molecule has 0 saturated heterocycles. The highest BCUT2D eigenvalue weighted by molar-refractivity contribution is 9.10. The first kappa shape index (κ1) is 17.2. The monoisotopic (exact) mass is 394 g/mol. The molecule has 2 aromatic rings. The maximum atomic E-state index is 13.4. The van der Waals surface area contributed by atoms with Crippen molar-refractivity contribution in [3.8, 4) is 0 Å². The third kappa shape index (κ3) is 3.79. The van der Waals surface area contributed by atoms with Crippen molar-refractivity contribution < 1.29 is 26.7 Å². The number of nitrogens with one attached hydrogen (secondary N) is 2. The van der Waals surface area contributed by atoms with Gasteiger partial charge in [-0.1, -0.05) is 15.9 Å². The molecule has 0 fully saturated rings. The molecular formula is C14H8BrF5N2O. The van der Waals surface area contributed by atoms with Gasteiger partial charge in [-0.25, -0.2) is 22.0 Å². The second kappa shape index (κ2) is 6.95. The van der Waals surface area contributed by atoms with Crippen LogP contribution in [-0.2, 0) is 4.79 Å². The summed E-state index contributed by atoms with van der Waals surface area (Å²) < 4.78 is 66.5. The molecular weight excluding hydrogens is 387 g/mol. The molecule has 0 atom stereocenters. The molecule has 0 spiro atoms. The van der Waals surface area contributed by atoms with E-state index < -0.39 is 47.2 Å². The van der Waals surface area contributed by atoms with Gasteiger partial charge in [0.2, 0.25) is 11.7 Å². The van der Waals surface area contributed by atoms with Crippen molar-refractivity contribution in [2.75, 3.05) is 17.2 Å². The maximum absolute atomic E-state index is 13.4. The molecule has 1 amide bonds. The van der Waals surface area contributed by atoms with E-state index in [1.165, 1.54) is 0 Å². The van der Waals surface area contributed by atoms with E-state index in [1.54, 1.807) is 29.6 Å². The third-order valence-corrected chi connectivity index (χ3v) is 3.30. The fourth-order valence-corrected chi connectivity index (χ4v) is 1.91. The van der Waals surface area contributed by atoms with Gasteiger partial charge < -0.3 is 10.6 Å². The number of anilines is 2. The maximum Gasteiger partial charge on any atom is 0.243 e. The highest BCUT2D eigenvalue weighted by Crippen LogP contribution is 2.27. The molecule has 0 aliphatic heterocycles. The van der Waals surface area contributed by atoms with Crippen molar-refractivity contribution in [1.82, 2.24) is 0 Å². The van der Waals surface area contributed by atoms with Crippen LogP contribution in [0, 0.1) is 29.1 Å². The number of carbonyl (C=O) groups excluding carboxylic acids is 1. The number of benzene rings is 2. The van der Waals surface area contributed by atoms with Crippen molar-refractivity contribution in [1.29, 1.82) is 0 Å². The predicted octanol–water partition coefficient (Wildman–Crippen LogP) is 4.20. The number of rotatable bonds is 4. The van der Waals surface area contributed by atoms with Gasteiger partial charge in [0.1, 0.15) is 5.69 Å². The van der Waals surface area contributed by atoms with Crippen molar-refractivity contribution in [3.05, 3.63) is 57.8 Å². The summed E-state index contributed by atoms with van der Waals surface area (Å²) in [5, 5.41) is 4.29. The SMILES string of the molecule is O=C(CNc1ccc(Br)cc1)Nc1c(F)c(F)c(F)c(F)c1F. The first-order valence-electron chi connectivity index (χ1n) is 6.12. The number of hydrogen-bond donors (Lipinski definition) is 2. The predicted molar refractivity (Wildman–Crippen MR) is 77.5 cm³/mol. The van der Waals surface area contributed by atoms with E-state index in [4.69, 9.17) is 0 Å². The Bertz CT molecular complexity index is 723. The molecule has 2 aromatic carbocycles. The molecule has 23 heavy (non-hydrogen) atoms. The number of amides is 1. The van der Waals surface area contributed by atoms with Crippen LogP contribution in [0.2, 0.25) is 0 Å². The zero-order valence-corrected chi connectivity index (χ0v) is 12.8. The molecule has 0 unspecified atom stereocenters. The molecule has 0 heterocycles. The Morgan fingerprint density at radius 3 is 1.87 bits per heavy atom. The summed E-state index contributed by atoms with van der Waals surface area (Å²) in [6, 6.07) is 6.61. The molecule has 0 aliphatic carbocycles. The topological polar surface area (TPSA) is 41.1 Å². The number of carbonyl (C=O) groups is 1. The van der Waals surface area contributed by atoms with E-state index in [1.807, 2.05) is 0 Å². The molecule has 0 bridgehead atoms. The fraction of sp³-hybridized carbons (Fsp3) is 0.0714. The van der Waals surface area contributed by atoms with Crippen LogP contribution in [0.3, 0.4) is 0 Å². The first-order chi connectivity index (χ1) is 10.8. The summed E-state index contributed by atoms with van der Waals surface area (Å²) in [5.41, 5.74) is -0.857. The van der Waals surface area contributed by atoms with E-state index in [9.17, 15) is 26.7 Å². The second-order valence-corrected chi connectivity index (χ2v) is 5.27. The Hall–Kier alpha value is -2.16. The van der Waals surface area contributed by atoms with Crippen LogP contribution in [0.4, 0.5) is 33.3 Å². The summed E-state index contributed by atoms with van der Waals surface area (Å²) >= 11 is 3.21. The average Bonchev–Trinajstić information content (AvgIpc) is 2.54. The van der Waals surface area contributed by atoms with Gasteiger partial charge in [-0.05, 0) is 24.3 Å². The molecule has 2 N–H and O–H groups in total. The lowest BCUT2D eigenvalue weighted by Gasteiger charge is -2.11. The Morgan fingerprint density at radius 2 is 1.35 bits per heavy atom. The smallest absolute Gasteiger partial charge is 0.243 e. The van der Waals surface area contributed by atoms with Gasteiger partial charge in [-0.3, -0.25) is 4.79 Å². The highest BCUT2D eigenvalue weighted by Gasteiger charge is 2.26.